The maximum atomic E-state index is 12.7. The van der Waals surface area contributed by atoms with E-state index in [0.29, 0.717) is 16.4 Å². The first kappa shape index (κ1) is 19.6. The van der Waals surface area contributed by atoms with E-state index in [1.165, 1.54) is 18.4 Å². The first-order chi connectivity index (χ1) is 14.6. The number of anilines is 1. The number of esters is 1. The molecule has 0 saturated carbocycles. The third kappa shape index (κ3) is 4.31. The molecule has 0 fully saturated rings. The number of rotatable bonds is 6. The zero-order valence-corrected chi connectivity index (χ0v) is 17.1. The lowest BCUT2D eigenvalue weighted by molar-refractivity contribution is -0.139. The summed E-state index contributed by atoms with van der Waals surface area (Å²) in [5.41, 5.74) is 3.04. The Balaban J connectivity index is 1.56. The van der Waals surface area contributed by atoms with Crippen molar-refractivity contribution < 1.29 is 14.3 Å². The average Bonchev–Trinajstić information content (AvgIpc) is 3.45. The summed E-state index contributed by atoms with van der Waals surface area (Å²) < 4.78 is 6.76. The Morgan fingerprint density at radius 2 is 1.70 bits per heavy atom. The predicted molar refractivity (Wildman–Crippen MR) is 117 cm³/mol. The Morgan fingerprint density at radius 3 is 2.37 bits per heavy atom. The molecule has 1 amide bonds. The van der Waals surface area contributed by atoms with E-state index in [2.05, 4.69) is 10.3 Å². The minimum absolute atomic E-state index is 0.0971. The van der Waals surface area contributed by atoms with Crippen molar-refractivity contribution in [2.45, 2.75) is 6.42 Å². The number of nitrogens with zero attached hydrogens (tertiary/aromatic N) is 2. The van der Waals surface area contributed by atoms with Crippen LogP contribution in [-0.4, -0.2) is 28.5 Å². The molecule has 30 heavy (non-hydrogen) atoms. The highest BCUT2D eigenvalue weighted by atomic mass is 32.1. The van der Waals surface area contributed by atoms with Crippen LogP contribution in [0.5, 0.6) is 0 Å². The lowest BCUT2D eigenvalue weighted by atomic mass is 10.1. The van der Waals surface area contributed by atoms with Crippen molar-refractivity contribution in [2.24, 2.45) is 0 Å². The summed E-state index contributed by atoms with van der Waals surface area (Å²) in [6.07, 6.45) is 3.98. The van der Waals surface area contributed by atoms with Gasteiger partial charge >= 0.3 is 5.97 Å². The van der Waals surface area contributed by atoms with Gasteiger partial charge in [-0.15, -0.1) is 11.3 Å². The van der Waals surface area contributed by atoms with Crippen molar-refractivity contribution in [1.82, 2.24) is 9.55 Å². The maximum absolute atomic E-state index is 12.7. The average molecular weight is 417 g/mol. The Hall–Kier alpha value is -3.71. The standard InChI is InChI=1S/C23H19N3O3S/c1-29-20(27)15-19-21(16-7-3-2-4-8-16)24-23(30-19)25-22(28)17-9-11-18(12-10-17)26-13-5-6-14-26/h2-14H,15H2,1H3,(H,24,25,28). The number of aromatic nitrogens is 2. The largest absolute Gasteiger partial charge is 0.469 e. The molecule has 0 bridgehead atoms. The quantitative estimate of drug-likeness (QED) is 0.467. The predicted octanol–water partition coefficient (Wildman–Crippen LogP) is 4.57. The molecule has 2 aromatic heterocycles. The molecule has 6 nitrogen and oxygen atoms in total. The molecule has 4 aromatic rings. The SMILES string of the molecule is COC(=O)Cc1sc(NC(=O)c2ccc(-n3cccc3)cc2)nc1-c1ccccc1. The normalized spacial score (nSPS) is 10.6. The summed E-state index contributed by atoms with van der Waals surface area (Å²) in [6.45, 7) is 0. The van der Waals surface area contributed by atoms with Gasteiger partial charge in [0.2, 0.25) is 0 Å². The van der Waals surface area contributed by atoms with E-state index in [1.807, 2.05) is 71.6 Å². The molecular weight excluding hydrogens is 398 g/mol. The van der Waals surface area contributed by atoms with Gasteiger partial charge in [-0.25, -0.2) is 4.98 Å². The summed E-state index contributed by atoms with van der Waals surface area (Å²) in [5.74, 6) is -0.610. The highest BCUT2D eigenvalue weighted by molar-refractivity contribution is 7.16. The van der Waals surface area contributed by atoms with Gasteiger partial charge in [-0.05, 0) is 36.4 Å². The molecule has 0 aliphatic heterocycles. The molecule has 0 aliphatic rings. The smallest absolute Gasteiger partial charge is 0.310 e. The van der Waals surface area contributed by atoms with E-state index >= 15 is 0 Å². The molecule has 0 unspecified atom stereocenters. The van der Waals surface area contributed by atoms with Crippen LogP contribution in [0.1, 0.15) is 15.2 Å². The minimum atomic E-state index is -0.352. The number of amides is 1. The molecule has 1 N–H and O–H groups in total. The topological polar surface area (TPSA) is 73.2 Å². The van der Waals surface area contributed by atoms with Crippen LogP contribution in [0.2, 0.25) is 0 Å². The van der Waals surface area contributed by atoms with Gasteiger partial charge in [-0.3, -0.25) is 14.9 Å². The number of carbonyl (C=O) groups excluding carboxylic acids is 2. The van der Waals surface area contributed by atoms with Gasteiger partial charge in [0.15, 0.2) is 5.13 Å². The lowest BCUT2D eigenvalue weighted by Crippen LogP contribution is -2.11. The molecule has 7 heteroatoms. The van der Waals surface area contributed by atoms with Gasteiger partial charge in [0.1, 0.15) is 0 Å². The number of hydrogen-bond donors (Lipinski definition) is 1. The van der Waals surface area contributed by atoms with Crippen LogP contribution in [0.3, 0.4) is 0 Å². The van der Waals surface area contributed by atoms with Crippen molar-refractivity contribution >= 4 is 28.3 Å². The van der Waals surface area contributed by atoms with Gasteiger partial charge in [0.25, 0.3) is 5.91 Å². The highest BCUT2D eigenvalue weighted by Gasteiger charge is 2.18. The van der Waals surface area contributed by atoms with E-state index in [1.54, 1.807) is 12.1 Å². The van der Waals surface area contributed by atoms with E-state index in [4.69, 9.17) is 4.74 Å². The number of methoxy groups -OCH3 is 1. The Kier molecular flexibility index (Phi) is 5.72. The van der Waals surface area contributed by atoms with Crippen LogP contribution in [0, 0.1) is 0 Å². The molecule has 2 aromatic carbocycles. The van der Waals surface area contributed by atoms with Crippen molar-refractivity contribution in [3.63, 3.8) is 0 Å². The van der Waals surface area contributed by atoms with Crippen molar-refractivity contribution in [2.75, 3.05) is 12.4 Å². The first-order valence-corrected chi connectivity index (χ1v) is 10.1. The zero-order valence-electron chi connectivity index (χ0n) is 16.2. The Bertz CT molecular complexity index is 1150. The monoisotopic (exact) mass is 417 g/mol. The second kappa shape index (κ2) is 8.75. The summed E-state index contributed by atoms with van der Waals surface area (Å²) >= 11 is 1.27. The third-order valence-corrected chi connectivity index (χ3v) is 5.50. The van der Waals surface area contributed by atoms with Crippen LogP contribution in [0.4, 0.5) is 5.13 Å². The second-order valence-corrected chi connectivity index (χ2v) is 7.58. The number of benzene rings is 2. The molecule has 4 rings (SSSR count). The summed E-state index contributed by atoms with van der Waals surface area (Å²) in [6, 6.07) is 20.8. The first-order valence-electron chi connectivity index (χ1n) is 9.31. The molecule has 0 aliphatic carbocycles. The minimum Gasteiger partial charge on any atom is -0.469 e. The van der Waals surface area contributed by atoms with Crippen LogP contribution in [-0.2, 0) is 16.0 Å². The summed E-state index contributed by atoms with van der Waals surface area (Å²) in [7, 11) is 1.35. The van der Waals surface area contributed by atoms with E-state index < -0.39 is 0 Å². The molecular formula is C23H19N3O3S. The molecule has 0 radical (unpaired) electrons. The van der Waals surface area contributed by atoms with Gasteiger partial charge in [0.05, 0.1) is 19.2 Å². The molecule has 0 spiro atoms. The molecule has 2 heterocycles. The van der Waals surface area contributed by atoms with Crippen LogP contribution in [0.25, 0.3) is 16.9 Å². The fourth-order valence-corrected chi connectivity index (χ4v) is 3.97. The fraction of sp³-hybridized carbons (Fsp3) is 0.0870. The lowest BCUT2D eigenvalue weighted by Gasteiger charge is -2.05. The molecule has 0 saturated heterocycles. The number of nitrogens with one attached hydrogen (secondary N) is 1. The van der Waals surface area contributed by atoms with E-state index in [0.717, 1.165) is 16.1 Å². The molecule has 0 atom stereocenters. The fourth-order valence-electron chi connectivity index (χ4n) is 3.01. The number of carbonyl (C=O) groups is 2. The van der Waals surface area contributed by atoms with Gasteiger partial charge in [-0.1, -0.05) is 30.3 Å². The summed E-state index contributed by atoms with van der Waals surface area (Å²) in [5, 5.41) is 3.28. The van der Waals surface area contributed by atoms with Crippen molar-refractivity contribution in [1.29, 1.82) is 0 Å². The maximum Gasteiger partial charge on any atom is 0.310 e. The van der Waals surface area contributed by atoms with Crippen LogP contribution in [0.15, 0.2) is 79.1 Å². The zero-order chi connectivity index (χ0) is 20.9. The Labute approximate surface area is 177 Å². The Morgan fingerprint density at radius 1 is 1.00 bits per heavy atom. The third-order valence-electron chi connectivity index (χ3n) is 4.53. The molecule has 150 valence electrons. The van der Waals surface area contributed by atoms with E-state index in [9.17, 15) is 9.59 Å². The van der Waals surface area contributed by atoms with Crippen LogP contribution < -0.4 is 5.32 Å². The number of ether oxygens (including phenoxy) is 1. The second-order valence-electron chi connectivity index (χ2n) is 6.50. The van der Waals surface area contributed by atoms with Crippen molar-refractivity contribution in [3.05, 3.63) is 89.6 Å². The van der Waals surface area contributed by atoms with Crippen LogP contribution >= 0.6 is 11.3 Å². The number of thiazole rings is 1. The van der Waals surface area contributed by atoms with Gasteiger partial charge in [0, 0.05) is 34.1 Å². The van der Waals surface area contributed by atoms with Crippen molar-refractivity contribution in [3.8, 4) is 16.9 Å². The van der Waals surface area contributed by atoms with Gasteiger partial charge < -0.3 is 9.30 Å². The van der Waals surface area contributed by atoms with Gasteiger partial charge in [-0.2, -0.15) is 0 Å². The van der Waals surface area contributed by atoms with E-state index in [-0.39, 0.29) is 18.3 Å². The highest BCUT2D eigenvalue weighted by Crippen LogP contribution is 2.32. The summed E-state index contributed by atoms with van der Waals surface area (Å²) in [4.78, 5) is 29.8. The number of hydrogen-bond acceptors (Lipinski definition) is 5.